The monoisotopic (exact) mass is 420 g/mol. The molecule has 152 valence electrons. The molecule has 0 unspecified atom stereocenters. The highest BCUT2D eigenvalue weighted by Crippen LogP contribution is 2.35. The maximum Gasteiger partial charge on any atom is 0.256 e. The second kappa shape index (κ2) is 7.78. The van der Waals surface area contributed by atoms with Gasteiger partial charge in [0, 0.05) is 16.8 Å². The van der Waals surface area contributed by atoms with Crippen molar-refractivity contribution in [1.82, 2.24) is 4.72 Å². The molecule has 3 aromatic carbocycles. The van der Waals surface area contributed by atoms with E-state index in [0.29, 0.717) is 22.6 Å². The van der Waals surface area contributed by atoms with Crippen LogP contribution in [0.25, 0.3) is 11.6 Å². The highest BCUT2D eigenvalue weighted by molar-refractivity contribution is 7.89. The summed E-state index contributed by atoms with van der Waals surface area (Å²) >= 11 is 0. The molecule has 0 atom stereocenters. The van der Waals surface area contributed by atoms with Crippen molar-refractivity contribution in [1.29, 1.82) is 0 Å². The average Bonchev–Trinajstić information content (AvgIpc) is 3.04. The van der Waals surface area contributed by atoms with Crippen molar-refractivity contribution in [3.63, 3.8) is 0 Å². The first-order valence-electron chi connectivity index (χ1n) is 9.31. The Hall–Kier alpha value is -3.42. The molecule has 1 amide bonds. The SMILES string of the molecule is CNS(=O)(=O)c1ccc2c(c1)C(=Cc1cccc(Oc3ccc(C)cc3)c1)C(=O)N2. The number of hydrogen-bond donors (Lipinski definition) is 2. The number of amides is 1. The van der Waals surface area contributed by atoms with Gasteiger partial charge >= 0.3 is 0 Å². The smallest absolute Gasteiger partial charge is 0.256 e. The molecule has 0 aromatic heterocycles. The molecule has 0 saturated heterocycles. The topological polar surface area (TPSA) is 84.5 Å². The van der Waals surface area contributed by atoms with Gasteiger partial charge in [0.15, 0.2) is 0 Å². The third kappa shape index (κ3) is 3.98. The van der Waals surface area contributed by atoms with E-state index in [1.807, 2.05) is 55.5 Å². The average molecular weight is 420 g/mol. The minimum Gasteiger partial charge on any atom is -0.457 e. The van der Waals surface area contributed by atoms with E-state index >= 15 is 0 Å². The number of benzene rings is 3. The second-order valence-corrected chi connectivity index (χ2v) is 8.80. The number of fused-ring (bicyclic) bond motifs is 1. The van der Waals surface area contributed by atoms with Crippen LogP contribution in [0.1, 0.15) is 16.7 Å². The zero-order valence-corrected chi connectivity index (χ0v) is 17.3. The molecule has 0 bridgehead atoms. The number of ether oxygens (including phenoxy) is 1. The zero-order chi connectivity index (χ0) is 21.3. The van der Waals surface area contributed by atoms with Gasteiger partial charge in [-0.25, -0.2) is 13.1 Å². The van der Waals surface area contributed by atoms with E-state index in [4.69, 9.17) is 4.74 Å². The van der Waals surface area contributed by atoms with Crippen LogP contribution in [0.2, 0.25) is 0 Å². The van der Waals surface area contributed by atoms with Gasteiger partial charge in [-0.15, -0.1) is 0 Å². The normalized spacial score (nSPS) is 14.5. The van der Waals surface area contributed by atoms with Crippen LogP contribution < -0.4 is 14.8 Å². The Labute approximate surface area is 175 Å². The lowest BCUT2D eigenvalue weighted by atomic mass is 10.0. The summed E-state index contributed by atoms with van der Waals surface area (Å²) in [6.45, 7) is 2.01. The molecule has 7 heteroatoms. The molecule has 0 radical (unpaired) electrons. The van der Waals surface area contributed by atoms with Gasteiger partial charge in [-0.05, 0) is 68.1 Å². The molecule has 0 aliphatic carbocycles. The van der Waals surface area contributed by atoms with Crippen LogP contribution in [0.15, 0.2) is 71.6 Å². The highest BCUT2D eigenvalue weighted by Gasteiger charge is 2.26. The Morgan fingerprint density at radius 2 is 1.73 bits per heavy atom. The van der Waals surface area contributed by atoms with Crippen LogP contribution in [0, 0.1) is 6.92 Å². The Morgan fingerprint density at radius 3 is 2.47 bits per heavy atom. The van der Waals surface area contributed by atoms with Crippen molar-refractivity contribution < 1.29 is 17.9 Å². The Morgan fingerprint density at radius 1 is 0.967 bits per heavy atom. The van der Waals surface area contributed by atoms with E-state index in [1.165, 1.54) is 19.2 Å². The largest absolute Gasteiger partial charge is 0.457 e. The number of rotatable bonds is 5. The number of sulfonamides is 1. The Kier molecular flexibility index (Phi) is 5.15. The lowest BCUT2D eigenvalue weighted by molar-refractivity contribution is -0.110. The standard InChI is InChI=1S/C23H20N2O4S/c1-15-6-8-17(9-7-15)29-18-5-3-4-16(12-18)13-21-20-14-19(30(27,28)24-2)10-11-22(20)25-23(21)26/h3-14,24H,1-2H3,(H,25,26). The van der Waals surface area contributed by atoms with Gasteiger partial charge in [0.25, 0.3) is 5.91 Å². The van der Waals surface area contributed by atoms with E-state index in [1.54, 1.807) is 12.1 Å². The molecular formula is C23H20N2O4S. The first kappa shape index (κ1) is 19.9. The fourth-order valence-electron chi connectivity index (χ4n) is 3.17. The van der Waals surface area contributed by atoms with Gasteiger partial charge in [-0.3, -0.25) is 4.79 Å². The predicted octanol–water partition coefficient (Wildman–Crippen LogP) is 4.19. The molecule has 4 rings (SSSR count). The molecule has 1 aliphatic heterocycles. The van der Waals surface area contributed by atoms with Crippen molar-refractivity contribution in [2.45, 2.75) is 11.8 Å². The first-order chi connectivity index (χ1) is 14.4. The lowest BCUT2D eigenvalue weighted by Crippen LogP contribution is -2.18. The van der Waals surface area contributed by atoms with Gasteiger partial charge < -0.3 is 10.1 Å². The maximum atomic E-state index is 12.5. The first-order valence-corrected chi connectivity index (χ1v) is 10.8. The molecule has 2 N–H and O–H groups in total. The quantitative estimate of drug-likeness (QED) is 0.606. The van der Waals surface area contributed by atoms with E-state index in [-0.39, 0.29) is 10.8 Å². The summed E-state index contributed by atoms with van der Waals surface area (Å²) in [6.07, 6.45) is 1.72. The highest BCUT2D eigenvalue weighted by atomic mass is 32.2. The molecular weight excluding hydrogens is 400 g/mol. The minimum absolute atomic E-state index is 0.0996. The molecule has 1 aliphatic rings. The van der Waals surface area contributed by atoms with Gasteiger partial charge in [0.1, 0.15) is 11.5 Å². The summed E-state index contributed by atoms with van der Waals surface area (Å²) in [6, 6.07) is 19.6. The summed E-state index contributed by atoms with van der Waals surface area (Å²) in [7, 11) is -2.26. The van der Waals surface area contributed by atoms with E-state index in [9.17, 15) is 13.2 Å². The summed E-state index contributed by atoms with van der Waals surface area (Å²) in [4.78, 5) is 12.6. The van der Waals surface area contributed by atoms with E-state index in [0.717, 1.165) is 16.9 Å². The number of carbonyl (C=O) groups is 1. The maximum absolute atomic E-state index is 12.5. The number of nitrogens with one attached hydrogen (secondary N) is 2. The third-order valence-corrected chi connectivity index (χ3v) is 6.19. The van der Waals surface area contributed by atoms with Gasteiger partial charge in [-0.1, -0.05) is 29.8 Å². The Balaban J connectivity index is 1.68. The van der Waals surface area contributed by atoms with Gasteiger partial charge in [0.05, 0.1) is 4.90 Å². The number of aryl methyl sites for hydroxylation is 1. The number of carbonyl (C=O) groups excluding carboxylic acids is 1. The summed E-state index contributed by atoms with van der Waals surface area (Å²) in [5.41, 5.74) is 3.42. The molecule has 6 nitrogen and oxygen atoms in total. The van der Waals surface area contributed by atoms with Crippen LogP contribution >= 0.6 is 0 Å². The lowest BCUT2D eigenvalue weighted by Gasteiger charge is -2.07. The molecule has 0 saturated carbocycles. The zero-order valence-electron chi connectivity index (χ0n) is 16.5. The minimum atomic E-state index is -3.61. The van der Waals surface area contributed by atoms with E-state index in [2.05, 4.69) is 10.0 Å². The van der Waals surface area contributed by atoms with Crippen LogP contribution in [-0.4, -0.2) is 21.4 Å². The van der Waals surface area contributed by atoms with Crippen LogP contribution in [0.4, 0.5) is 5.69 Å². The van der Waals surface area contributed by atoms with Crippen molar-refractivity contribution in [3.8, 4) is 11.5 Å². The number of anilines is 1. The second-order valence-electron chi connectivity index (χ2n) is 6.91. The third-order valence-electron chi connectivity index (χ3n) is 4.78. The fraction of sp³-hybridized carbons (Fsp3) is 0.0870. The van der Waals surface area contributed by atoms with E-state index < -0.39 is 10.0 Å². The fourth-order valence-corrected chi connectivity index (χ4v) is 3.93. The summed E-state index contributed by atoms with van der Waals surface area (Å²) in [5.74, 6) is 1.07. The van der Waals surface area contributed by atoms with Crippen LogP contribution in [0.3, 0.4) is 0 Å². The van der Waals surface area contributed by atoms with Crippen molar-refractivity contribution in [2.75, 3.05) is 12.4 Å². The molecule has 1 heterocycles. The summed E-state index contributed by atoms with van der Waals surface area (Å²) in [5, 5.41) is 2.77. The molecule has 3 aromatic rings. The molecule has 30 heavy (non-hydrogen) atoms. The molecule has 0 fully saturated rings. The number of hydrogen-bond acceptors (Lipinski definition) is 4. The van der Waals surface area contributed by atoms with Crippen LogP contribution in [-0.2, 0) is 14.8 Å². The van der Waals surface area contributed by atoms with Crippen molar-refractivity contribution in [2.24, 2.45) is 0 Å². The van der Waals surface area contributed by atoms with Gasteiger partial charge in [0.2, 0.25) is 10.0 Å². The predicted molar refractivity (Wildman–Crippen MR) is 117 cm³/mol. The summed E-state index contributed by atoms with van der Waals surface area (Å²) < 4.78 is 32.5. The van der Waals surface area contributed by atoms with Crippen LogP contribution in [0.5, 0.6) is 11.5 Å². The van der Waals surface area contributed by atoms with Gasteiger partial charge in [-0.2, -0.15) is 0 Å². The van der Waals surface area contributed by atoms with Crippen molar-refractivity contribution >= 4 is 33.3 Å². The van der Waals surface area contributed by atoms with Crippen molar-refractivity contribution in [3.05, 3.63) is 83.4 Å². The molecule has 0 spiro atoms. The Bertz CT molecular complexity index is 1260.